The summed E-state index contributed by atoms with van der Waals surface area (Å²) in [6, 6.07) is 6.24. The Morgan fingerprint density at radius 1 is 1.04 bits per heavy atom. The van der Waals surface area contributed by atoms with Crippen LogP contribution in [0.2, 0.25) is 0 Å². The minimum Gasteiger partial charge on any atom is -0.480 e. The average molecular weight is 357 g/mol. The van der Waals surface area contributed by atoms with Gasteiger partial charge >= 0.3 is 6.03 Å². The first-order valence-electron chi connectivity index (χ1n) is 8.91. The highest BCUT2D eigenvalue weighted by Gasteiger charge is 2.26. The number of benzene rings is 1. The molecule has 2 saturated heterocycles. The number of carbonyl (C=O) groups is 1. The number of fused-ring (bicyclic) bond motifs is 1. The molecule has 0 aliphatic carbocycles. The summed E-state index contributed by atoms with van der Waals surface area (Å²) < 4.78 is 10.7. The fraction of sp³-hybridized carbons (Fsp3) is 0.500. The van der Waals surface area contributed by atoms with E-state index < -0.39 is 0 Å². The lowest BCUT2D eigenvalue weighted by molar-refractivity contribution is 0.0428. The van der Waals surface area contributed by atoms with Gasteiger partial charge in [-0.05, 0) is 18.2 Å². The summed E-state index contributed by atoms with van der Waals surface area (Å²) in [7, 11) is 1.62. The molecule has 8 heteroatoms. The van der Waals surface area contributed by atoms with Gasteiger partial charge in [0.1, 0.15) is 6.33 Å². The van der Waals surface area contributed by atoms with E-state index in [-0.39, 0.29) is 6.03 Å². The van der Waals surface area contributed by atoms with Crippen LogP contribution < -0.4 is 9.64 Å². The lowest BCUT2D eigenvalue weighted by Gasteiger charge is -2.39. The van der Waals surface area contributed by atoms with Crippen LogP contribution in [0.1, 0.15) is 0 Å². The van der Waals surface area contributed by atoms with Crippen LogP contribution in [0, 0.1) is 0 Å². The molecule has 0 unspecified atom stereocenters. The number of aromatic nitrogens is 2. The summed E-state index contributed by atoms with van der Waals surface area (Å²) in [5.41, 5.74) is 1.96. The van der Waals surface area contributed by atoms with Crippen LogP contribution in [0.5, 0.6) is 5.88 Å². The van der Waals surface area contributed by atoms with E-state index >= 15 is 0 Å². The van der Waals surface area contributed by atoms with Gasteiger partial charge in [-0.1, -0.05) is 0 Å². The number of carbonyl (C=O) groups excluding carboxylic acids is 1. The van der Waals surface area contributed by atoms with Crippen molar-refractivity contribution in [1.82, 2.24) is 19.8 Å². The van der Waals surface area contributed by atoms with Crippen molar-refractivity contribution in [3.8, 4) is 5.88 Å². The summed E-state index contributed by atoms with van der Waals surface area (Å²) in [4.78, 5) is 27.2. The van der Waals surface area contributed by atoms with Gasteiger partial charge in [-0.2, -0.15) is 0 Å². The van der Waals surface area contributed by atoms with E-state index in [4.69, 9.17) is 9.47 Å². The topological polar surface area (TPSA) is 71.0 Å². The second-order valence-electron chi connectivity index (χ2n) is 6.44. The Labute approximate surface area is 152 Å². The highest BCUT2D eigenvalue weighted by atomic mass is 16.5. The summed E-state index contributed by atoms with van der Waals surface area (Å²) in [6.45, 7) is 5.68. The van der Waals surface area contributed by atoms with E-state index in [2.05, 4.69) is 27.0 Å². The Bertz CT molecular complexity index is 785. The zero-order chi connectivity index (χ0) is 17.9. The minimum absolute atomic E-state index is 0.126. The first kappa shape index (κ1) is 16.8. The Morgan fingerprint density at radius 2 is 1.77 bits per heavy atom. The molecule has 4 rings (SSSR count). The molecule has 2 aliphatic heterocycles. The number of nitrogens with zero attached hydrogens (tertiary/aromatic N) is 5. The predicted octanol–water partition coefficient (Wildman–Crippen LogP) is 1.21. The van der Waals surface area contributed by atoms with Crippen molar-refractivity contribution in [3.63, 3.8) is 0 Å². The van der Waals surface area contributed by atoms with Gasteiger partial charge in [0, 0.05) is 45.0 Å². The summed E-state index contributed by atoms with van der Waals surface area (Å²) in [6.07, 6.45) is 1.51. The van der Waals surface area contributed by atoms with Crippen molar-refractivity contribution in [2.45, 2.75) is 0 Å². The number of hydrogen-bond acceptors (Lipinski definition) is 6. The number of hydrogen-bond donors (Lipinski definition) is 0. The molecule has 0 bridgehead atoms. The second-order valence-corrected chi connectivity index (χ2v) is 6.44. The predicted molar refractivity (Wildman–Crippen MR) is 97.7 cm³/mol. The maximum absolute atomic E-state index is 12.6. The number of morpholine rings is 1. The Kier molecular flexibility index (Phi) is 4.75. The number of methoxy groups -OCH3 is 1. The van der Waals surface area contributed by atoms with E-state index in [0.29, 0.717) is 32.2 Å². The fourth-order valence-electron chi connectivity index (χ4n) is 3.49. The first-order valence-corrected chi connectivity index (χ1v) is 8.91. The van der Waals surface area contributed by atoms with Crippen LogP contribution in [0.25, 0.3) is 10.9 Å². The van der Waals surface area contributed by atoms with Gasteiger partial charge < -0.3 is 24.2 Å². The van der Waals surface area contributed by atoms with E-state index in [0.717, 1.165) is 42.8 Å². The first-order chi connectivity index (χ1) is 12.8. The number of amides is 2. The smallest absolute Gasteiger partial charge is 0.320 e. The van der Waals surface area contributed by atoms with Crippen LogP contribution in [-0.4, -0.2) is 85.4 Å². The largest absolute Gasteiger partial charge is 0.480 e. The van der Waals surface area contributed by atoms with Crippen molar-refractivity contribution in [2.24, 2.45) is 0 Å². The van der Waals surface area contributed by atoms with Crippen molar-refractivity contribution in [1.29, 1.82) is 0 Å². The maximum Gasteiger partial charge on any atom is 0.320 e. The third-order valence-corrected chi connectivity index (χ3v) is 4.97. The molecule has 2 aromatic rings. The van der Waals surface area contributed by atoms with Crippen LogP contribution in [-0.2, 0) is 4.74 Å². The third-order valence-electron chi connectivity index (χ3n) is 4.97. The van der Waals surface area contributed by atoms with Crippen molar-refractivity contribution < 1.29 is 14.3 Å². The lowest BCUT2D eigenvalue weighted by Crippen LogP contribution is -2.54. The van der Waals surface area contributed by atoms with Gasteiger partial charge in [0.25, 0.3) is 0 Å². The number of piperazine rings is 1. The molecule has 1 aromatic carbocycles. The normalized spacial score (nSPS) is 18.3. The van der Waals surface area contributed by atoms with E-state index in [1.165, 1.54) is 6.33 Å². The maximum atomic E-state index is 12.6. The van der Waals surface area contributed by atoms with Crippen LogP contribution in [0.15, 0.2) is 24.5 Å². The number of ether oxygens (including phenoxy) is 2. The lowest BCUT2D eigenvalue weighted by atomic mass is 10.2. The van der Waals surface area contributed by atoms with E-state index in [1.807, 2.05) is 15.9 Å². The van der Waals surface area contributed by atoms with Gasteiger partial charge in [0.05, 0.1) is 31.2 Å². The van der Waals surface area contributed by atoms with Gasteiger partial charge in [-0.3, -0.25) is 0 Å². The quantitative estimate of drug-likeness (QED) is 0.805. The highest BCUT2D eigenvalue weighted by molar-refractivity contribution is 5.86. The van der Waals surface area contributed by atoms with Gasteiger partial charge in [-0.25, -0.2) is 14.8 Å². The number of rotatable bonds is 2. The standard InChI is InChI=1S/C18H23N5O3/c1-25-17-15-12-14(2-3-16(15)19-13-20-17)21-4-6-22(7-5-21)18(24)23-8-10-26-11-9-23/h2-3,12-13H,4-11H2,1H3. The zero-order valence-electron chi connectivity index (χ0n) is 14.9. The molecule has 0 spiro atoms. The van der Waals surface area contributed by atoms with Crippen molar-refractivity contribution in [2.75, 3.05) is 64.5 Å². The van der Waals surface area contributed by atoms with Gasteiger partial charge in [0.2, 0.25) is 5.88 Å². The molecule has 0 atom stereocenters. The Hall–Kier alpha value is -2.61. The molecule has 0 saturated carbocycles. The summed E-state index contributed by atoms with van der Waals surface area (Å²) in [5, 5.41) is 0.902. The monoisotopic (exact) mass is 357 g/mol. The SMILES string of the molecule is COc1ncnc2ccc(N3CCN(C(=O)N4CCOCC4)CC3)cc12. The highest BCUT2D eigenvalue weighted by Crippen LogP contribution is 2.27. The zero-order valence-corrected chi connectivity index (χ0v) is 14.9. The third kappa shape index (κ3) is 3.24. The molecule has 1 aromatic heterocycles. The molecule has 2 amide bonds. The van der Waals surface area contributed by atoms with Gasteiger partial charge in [-0.15, -0.1) is 0 Å². The summed E-state index contributed by atoms with van der Waals surface area (Å²) in [5.74, 6) is 0.581. The van der Waals surface area contributed by atoms with E-state index in [9.17, 15) is 4.79 Å². The van der Waals surface area contributed by atoms with Crippen molar-refractivity contribution >= 4 is 22.6 Å². The van der Waals surface area contributed by atoms with Crippen LogP contribution >= 0.6 is 0 Å². The fourth-order valence-corrected chi connectivity index (χ4v) is 3.49. The molecule has 138 valence electrons. The molecular weight excluding hydrogens is 334 g/mol. The molecule has 26 heavy (non-hydrogen) atoms. The van der Waals surface area contributed by atoms with Crippen molar-refractivity contribution in [3.05, 3.63) is 24.5 Å². The number of urea groups is 1. The average Bonchev–Trinajstić information content (AvgIpc) is 2.73. The molecule has 0 radical (unpaired) electrons. The minimum atomic E-state index is 0.126. The molecule has 8 nitrogen and oxygen atoms in total. The molecular formula is C18H23N5O3. The molecule has 2 fully saturated rings. The second kappa shape index (κ2) is 7.33. The Morgan fingerprint density at radius 3 is 2.50 bits per heavy atom. The van der Waals surface area contributed by atoms with Gasteiger partial charge in [0.15, 0.2) is 0 Å². The molecule has 0 N–H and O–H groups in total. The van der Waals surface area contributed by atoms with Crippen LogP contribution in [0.3, 0.4) is 0 Å². The van der Waals surface area contributed by atoms with Crippen LogP contribution in [0.4, 0.5) is 10.5 Å². The molecule has 3 heterocycles. The number of anilines is 1. The molecule has 2 aliphatic rings. The summed E-state index contributed by atoms with van der Waals surface area (Å²) >= 11 is 0. The Balaban J connectivity index is 1.44. The van der Waals surface area contributed by atoms with E-state index in [1.54, 1.807) is 7.11 Å².